The summed E-state index contributed by atoms with van der Waals surface area (Å²) in [5.74, 6) is 1.32. The molecule has 7 nitrogen and oxygen atoms in total. The van der Waals surface area contributed by atoms with Gasteiger partial charge in [-0.25, -0.2) is 8.42 Å². The second-order valence-corrected chi connectivity index (χ2v) is 8.68. The Morgan fingerprint density at radius 3 is 2.40 bits per heavy atom. The molecule has 0 spiro atoms. The summed E-state index contributed by atoms with van der Waals surface area (Å²) in [6.45, 7) is 2.77. The van der Waals surface area contributed by atoms with Crippen LogP contribution in [-0.2, 0) is 22.9 Å². The van der Waals surface area contributed by atoms with Crippen molar-refractivity contribution in [1.29, 1.82) is 0 Å². The van der Waals surface area contributed by atoms with Crippen LogP contribution in [0.15, 0.2) is 69.0 Å². The Morgan fingerprint density at radius 2 is 1.77 bits per heavy atom. The Kier molecular flexibility index (Phi) is 8.42. The van der Waals surface area contributed by atoms with Gasteiger partial charge in [0.15, 0.2) is 21.6 Å². The Bertz CT molecular complexity index is 1110. The number of benzene rings is 2. The highest BCUT2D eigenvalue weighted by Crippen LogP contribution is 2.19. The van der Waals surface area contributed by atoms with Crippen molar-refractivity contribution in [1.82, 2.24) is 15.8 Å². The van der Waals surface area contributed by atoms with E-state index in [2.05, 4.69) is 20.8 Å². The van der Waals surface area contributed by atoms with E-state index in [0.717, 1.165) is 22.4 Å². The molecule has 3 rings (SSSR count). The van der Waals surface area contributed by atoms with E-state index in [0.29, 0.717) is 29.7 Å². The van der Waals surface area contributed by atoms with Gasteiger partial charge in [0.25, 0.3) is 0 Å². The molecule has 2 N–H and O–H groups in total. The van der Waals surface area contributed by atoms with Crippen LogP contribution in [0.4, 0.5) is 0 Å². The van der Waals surface area contributed by atoms with Gasteiger partial charge in [0, 0.05) is 31.5 Å². The highest BCUT2D eigenvalue weighted by molar-refractivity contribution is 14.0. The zero-order valence-electron chi connectivity index (χ0n) is 17.0. The molecule has 1 heterocycles. The van der Waals surface area contributed by atoms with Gasteiger partial charge in [-0.2, -0.15) is 0 Å². The first-order valence-corrected chi connectivity index (χ1v) is 11.0. The van der Waals surface area contributed by atoms with E-state index in [1.165, 1.54) is 6.26 Å². The maximum absolute atomic E-state index is 11.7. The summed E-state index contributed by atoms with van der Waals surface area (Å²) in [4.78, 5) is 4.55. The van der Waals surface area contributed by atoms with E-state index in [1.807, 2.05) is 42.5 Å². The summed E-state index contributed by atoms with van der Waals surface area (Å²) in [6.07, 6.45) is 1.21. The third-order valence-electron chi connectivity index (χ3n) is 4.38. The molecule has 0 saturated heterocycles. The monoisotopic (exact) mass is 540 g/mol. The first-order chi connectivity index (χ1) is 13.9. The normalized spacial score (nSPS) is 11.6. The molecule has 9 heteroatoms. The quantitative estimate of drug-likeness (QED) is 0.282. The standard InChI is InChI=1S/C21H24N4O3S.HI/c1-15-11-16(9-10-20(15)29(3,26)27)13-23-21(22-2)24-14-18-12-19(28-25-18)17-7-5-4-6-8-17;/h4-12H,13-14H2,1-3H3,(H2,22,23,24);1H. The van der Waals surface area contributed by atoms with E-state index in [-0.39, 0.29) is 24.0 Å². The number of hydrogen-bond acceptors (Lipinski definition) is 5. The molecule has 30 heavy (non-hydrogen) atoms. The molecule has 0 bridgehead atoms. The molecule has 0 fully saturated rings. The highest BCUT2D eigenvalue weighted by Gasteiger charge is 2.11. The zero-order valence-corrected chi connectivity index (χ0v) is 20.2. The van der Waals surface area contributed by atoms with Crippen molar-refractivity contribution in [3.63, 3.8) is 0 Å². The third-order valence-corrected chi connectivity index (χ3v) is 5.63. The second-order valence-electron chi connectivity index (χ2n) is 6.70. The number of guanidine groups is 1. The number of aliphatic imine (C=N–C) groups is 1. The Balaban J connectivity index is 0.00000320. The lowest BCUT2D eigenvalue weighted by molar-refractivity contribution is 0.422. The van der Waals surface area contributed by atoms with Crippen LogP contribution in [0, 0.1) is 6.92 Å². The van der Waals surface area contributed by atoms with Gasteiger partial charge in [-0.15, -0.1) is 24.0 Å². The molecule has 0 aliphatic heterocycles. The maximum Gasteiger partial charge on any atom is 0.191 e. The van der Waals surface area contributed by atoms with Crippen LogP contribution >= 0.6 is 24.0 Å². The molecule has 2 aromatic carbocycles. The summed E-state index contributed by atoms with van der Waals surface area (Å²) < 4.78 is 28.9. The molecule has 0 atom stereocenters. The van der Waals surface area contributed by atoms with Crippen molar-refractivity contribution >= 4 is 39.8 Å². The molecule has 0 radical (unpaired) electrons. The summed E-state index contributed by atoms with van der Waals surface area (Å²) in [7, 11) is -1.53. The maximum atomic E-state index is 11.7. The fraction of sp³-hybridized carbons (Fsp3) is 0.238. The van der Waals surface area contributed by atoms with Gasteiger partial charge in [0.05, 0.1) is 11.4 Å². The fourth-order valence-corrected chi connectivity index (χ4v) is 3.91. The minimum Gasteiger partial charge on any atom is -0.356 e. The number of halogens is 1. The average molecular weight is 540 g/mol. The van der Waals surface area contributed by atoms with Crippen LogP contribution < -0.4 is 10.6 Å². The predicted molar refractivity (Wildman–Crippen MR) is 129 cm³/mol. The van der Waals surface area contributed by atoms with Crippen LogP contribution in [-0.4, -0.2) is 32.8 Å². The summed E-state index contributed by atoms with van der Waals surface area (Å²) >= 11 is 0. The third kappa shape index (κ3) is 6.30. The Morgan fingerprint density at radius 1 is 1.07 bits per heavy atom. The molecule has 160 valence electrons. The highest BCUT2D eigenvalue weighted by atomic mass is 127. The van der Waals surface area contributed by atoms with E-state index in [9.17, 15) is 8.42 Å². The first kappa shape index (κ1) is 23.9. The number of sulfone groups is 1. The lowest BCUT2D eigenvalue weighted by Gasteiger charge is -2.12. The van der Waals surface area contributed by atoms with Gasteiger partial charge < -0.3 is 15.2 Å². The molecule has 3 aromatic rings. The lowest BCUT2D eigenvalue weighted by atomic mass is 10.1. The molecule has 0 aliphatic rings. The number of hydrogen-bond donors (Lipinski definition) is 2. The van der Waals surface area contributed by atoms with Crippen molar-refractivity contribution in [3.8, 4) is 11.3 Å². The second kappa shape index (κ2) is 10.6. The molecular weight excluding hydrogens is 515 g/mol. The van der Waals surface area contributed by atoms with Gasteiger partial charge >= 0.3 is 0 Å². The van der Waals surface area contributed by atoms with Gasteiger partial charge in [-0.1, -0.05) is 47.6 Å². The average Bonchev–Trinajstić information content (AvgIpc) is 3.17. The van der Waals surface area contributed by atoms with Crippen LogP contribution in [0.25, 0.3) is 11.3 Å². The van der Waals surface area contributed by atoms with Crippen LogP contribution in [0.5, 0.6) is 0 Å². The zero-order chi connectivity index (χ0) is 20.9. The minimum atomic E-state index is -3.22. The molecule has 0 amide bonds. The number of aromatic nitrogens is 1. The lowest BCUT2D eigenvalue weighted by Crippen LogP contribution is -2.36. The van der Waals surface area contributed by atoms with Gasteiger partial charge in [-0.3, -0.25) is 4.99 Å². The Labute approximate surface area is 193 Å². The van der Waals surface area contributed by atoms with Crippen molar-refractivity contribution in [2.45, 2.75) is 24.9 Å². The number of rotatable bonds is 6. The Hall–Kier alpha value is -2.40. The minimum absolute atomic E-state index is 0. The number of nitrogens with zero attached hydrogens (tertiary/aromatic N) is 2. The first-order valence-electron chi connectivity index (χ1n) is 9.12. The van der Waals surface area contributed by atoms with Crippen molar-refractivity contribution in [3.05, 3.63) is 71.4 Å². The summed E-state index contributed by atoms with van der Waals surface area (Å²) in [5.41, 5.74) is 3.43. The smallest absolute Gasteiger partial charge is 0.191 e. The topological polar surface area (TPSA) is 96.6 Å². The van der Waals surface area contributed by atoms with E-state index in [1.54, 1.807) is 26.1 Å². The molecule has 0 aliphatic carbocycles. The van der Waals surface area contributed by atoms with Crippen LogP contribution in [0.3, 0.4) is 0 Å². The summed E-state index contributed by atoms with van der Waals surface area (Å²) in [6, 6.07) is 17.0. The molecule has 1 aromatic heterocycles. The SMILES string of the molecule is CN=C(NCc1ccc(S(C)(=O)=O)c(C)c1)NCc1cc(-c2ccccc2)on1.I. The predicted octanol–water partition coefficient (Wildman–Crippen LogP) is 3.54. The van der Waals surface area contributed by atoms with E-state index in [4.69, 9.17) is 4.52 Å². The van der Waals surface area contributed by atoms with E-state index >= 15 is 0 Å². The summed E-state index contributed by atoms with van der Waals surface area (Å²) in [5, 5.41) is 10.5. The van der Waals surface area contributed by atoms with Crippen molar-refractivity contribution < 1.29 is 12.9 Å². The molecule has 0 saturated carbocycles. The molecular formula is C21H25IN4O3S. The number of nitrogens with one attached hydrogen (secondary N) is 2. The van der Waals surface area contributed by atoms with Gasteiger partial charge in [-0.05, 0) is 24.1 Å². The van der Waals surface area contributed by atoms with E-state index < -0.39 is 9.84 Å². The largest absolute Gasteiger partial charge is 0.356 e. The van der Waals surface area contributed by atoms with Crippen LogP contribution in [0.1, 0.15) is 16.8 Å². The number of aryl methyl sites for hydroxylation is 1. The van der Waals surface area contributed by atoms with Crippen LogP contribution in [0.2, 0.25) is 0 Å². The fourth-order valence-electron chi connectivity index (χ4n) is 2.95. The van der Waals surface area contributed by atoms with Gasteiger partial charge in [0.2, 0.25) is 0 Å². The van der Waals surface area contributed by atoms with Crippen molar-refractivity contribution in [2.75, 3.05) is 13.3 Å². The molecule has 0 unspecified atom stereocenters. The van der Waals surface area contributed by atoms with Crippen molar-refractivity contribution in [2.24, 2.45) is 4.99 Å². The van der Waals surface area contributed by atoms with Gasteiger partial charge in [0.1, 0.15) is 5.69 Å².